The predicted molar refractivity (Wildman–Crippen MR) is 107 cm³/mol. The van der Waals surface area contributed by atoms with Gasteiger partial charge in [-0.3, -0.25) is 9.36 Å². The molecule has 0 saturated carbocycles. The molecule has 4 rings (SSSR count). The first-order valence-electron chi connectivity index (χ1n) is 8.68. The van der Waals surface area contributed by atoms with Gasteiger partial charge in [0.2, 0.25) is 0 Å². The fraction of sp³-hybridized carbons (Fsp3) is 0.0455. The predicted octanol–water partition coefficient (Wildman–Crippen LogP) is 4.06. The van der Waals surface area contributed by atoms with Crippen LogP contribution >= 0.6 is 0 Å². The summed E-state index contributed by atoms with van der Waals surface area (Å²) in [6.45, 7) is 0. The third-order valence-corrected chi connectivity index (χ3v) is 4.40. The number of amides is 1. The van der Waals surface area contributed by atoms with Crippen LogP contribution in [-0.2, 0) is 4.74 Å². The monoisotopic (exact) mass is 371 g/mol. The quantitative estimate of drug-likeness (QED) is 0.549. The van der Waals surface area contributed by atoms with Crippen molar-refractivity contribution in [3.8, 4) is 5.69 Å². The van der Waals surface area contributed by atoms with Crippen molar-refractivity contribution in [2.75, 3.05) is 12.4 Å². The van der Waals surface area contributed by atoms with Crippen molar-refractivity contribution in [2.24, 2.45) is 0 Å². The van der Waals surface area contributed by atoms with Crippen LogP contribution in [0.5, 0.6) is 0 Å². The molecule has 1 aromatic heterocycles. The summed E-state index contributed by atoms with van der Waals surface area (Å²) in [4.78, 5) is 28.5. The van der Waals surface area contributed by atoms with E-state index in [0.717, 1.165) is 16.7 Å². The van der Waals surface area contributed by atoms with Gasteiger partial charge >= 0.3 is 5.97 Å². The Kier molecular flexibility index (Phi) is 4.60. The van der Waals surface area contributed by atoms with E-state index in [-0.39, 0.29) is 5.91 Å². The number of benzene rings is 3. The lowest BCUT2D eigenvalue weighted by atomic mass is 10.1. The fourth-order valence-corrected chi connectivity index (χ4v) is 2.97. The molecule has 0 saturated heterocycles. The first kappa shape index (κ1) is 17.5. The molecule has 28 heavy (non-hydrogen) atoms. The Morgan fingerprint density at radius 1 is 0.929 bits per heavy atom. The van der Waals surface area contributed by atoms with Crippen LogP contribution in [0, 0.1) is 0 Å². The molecule has 138 valence electrons. The second-order valence-electron chi connectivity index (χ2n) is 6.18. The van der Waals surface area contributed by atoms with E-state index in [4.69, 9.17) is 0 Å². The molecule has 0 atom stereocenters. The maximum Gasteiger partial charge on any atom is 0.337 e. The molecule has 0 spiro atoms. The van der Waals surface area contributed by atoms with E-state index < -0.39 is 5.97 Å². The number of hydrogen-bond acceptors (Lipinski definition) is 4. The summed E-state index contributed by atoms with van der Waals surface area (Å²) >= 11 is 0. The molecule has 0 aliphatic carbocycles. The number of hydrogen-bond donors (Lipinski definition) is 1. The van der Waals surface area contributed by atoms with Crippen LogP contribution in [0.15, 0.2) is 79.1 Å². The average Bonchev–Trinajstić information content (AvgIpc) is 3.18. The Morgan fingerprint density at radius 3 is 2.50 bits per heavy atom. The minimum atomic E-state index is -0.418. The third-order valence-electron chi connectivity index (χ3n) is 4.40. The van der Waals surface area contributed by atoms with E-state index >= 15 is 0 Å². The molecule has 6 heteroatoms. The highest BCUT2D eigenvalue weighted by molar-refractivity contribution is 6.04. The van der Waals surface area contributed by atoms with Gasteiger partial charge in [-0.1, -0.05) is 18.2 Å². The molecule has 0 aliphatic rings. The molecular weight excluding hydrogens is 354 g/mol. The number of nitrogens with one attached hydrogen (secondary N) is 1. The van der Waals surface area contributed by atoms with Crippen molar-refractivity contribution >= 4 is 28.6 Å². The van der Waals surface area contributed by atoms with Gasteiger partial charge in [-0.2, -0.15) is 0 Å². The first-order valence-corrected chi connectivity index (χ1v) is 8.68. The molecule has 1 amide bonds. The number of rotatable bonds is 4. The highest BCUT2D eigenvalue weighted by atomic mass is 16.5. The number of nitrogens with zero attached hydrogens (tertiary/aromatic N) is 2. The van der Waals surface area contributed by atoms with Crippen molar-refractivity contribution < 1.29 is 14.3 Å². The van der Waals surface area contributed by atoms with Crippen LogP contribution in [0.25, 0.3) is 16.7 Å². The summed E-state index contributed by atoms with van der Waals surface area (Å²) in [5.41, 5.74) is 4.25. The lowest BCUT2D eigenvalue weighted by Crippen LogP contribution is -2.12. The van der Waals surface area contributed by atoms with E-state index in [0.29, 0.717) is 16.8 Å². The van der Waals surface area contributed by atoms with Crippen molar-refractivity contribution in [1.29, 1.82) is 0 Å². The van der Waals surface area contributed by atoms with E-state index in [1.807, 2.05) is 47.0 Å². The second kappa shape index (κ2) is 7.36. The number of carbonyl (C=O) groups is 2. The van der Waals surface area contributed by atoms with Gasteiger partial charge in [0, 0.05) is 16.9 Å². The third kappa shape index (κ3) is 3.35. The maximum atomic E-state index is 12.6. The molecule has 6 nitrogen and oxygen atoms in total. The van der Waals surface area contributed by atoms with Crippen molar-refractivity contribution in [2.45, 2.75) is 0 Å². The fourth-order valence-electron chi connectivity index (χ4n) is 2.97. The summed E-state index contributed by atoms with van der Waals surface area (Å²) < 4.78 is 6.61. The summed E-state index contributed by atoms with van der Waals surface area (Å²) in [6, 6.07) is 21.7. The molecule has 0 unspecified atom stereocenters. The number of methoxy groups -OCH3 is 1. The zero-order chi connectivity index (χ0) is 19.5. The summed E-state index contributed by atoms with van der Waals surface area (Å²) in [5, 5.41) is 2.84. The molecule has 0 aliphatic heterocycles. The molecule has 0 radical (unpaired) electrons. The zero-order valence-electron chi connectivity index (χ0n) is 15.1. The lowest BCUT2D eigenvalue weighted by Gasteiger charge is -2.09. The van der Waals surface area contributed by atoms with Crippen LogP contribution in [0.3, 0.4) is 0 Å². The van der Waals surface area contributed by atoms with Crippen molar-refractivity contribution in [1.82, 2.24) is 9.55 Å². The zero-order valence-corrected chi connectivity index (χ0v) is 15.1. The lowest BCUT2D eigenvalue weighted by molar-refractivity contribution is 0.0600. The number of para-hydroxylation sites is 2. The van der Waals surface area contributed by atoms with Crippen LogP contribution in [0.1, 0.15) is 20.7 Å². The van der Waals surface area contributed by atoms with Gasteiger partial charge in [0.1, 0.15) is 6.33 Å². The van der Waals surface area contributed by atoms with Crippen LogP contribution in [0.2, 0.25) is 0 Å². The maximum absolute atomic E-state index is 12.6. The minimum Gasteiger partial charge on any atom is -0.465 e. The van der Waals surface area contributed by atoms with E-state index in [9.17, 15) is 9.59 Å². The number of carbonyl (C=O) groups excluding carboxylic acids is 2. The van der Waals surface area contributed by atoms with Gasteiger partial charge in [0.05, 0.1) is 23.7 Å². The molecular formula is C22H17N3O3. The number of anilines is 1. The standard InChI is InChI=1S/C22H17N3O3/c1-28-22(27)15-9-11-17(12-10-15)24-21(26)16-5-4-6-18(13-16)25-14-23-19-7-2-3-8-20(19)25/h2-14H,1H3,(H,24,26). The molecule has 0 fully saturated rings. The molecule has 1 heterocycles. The Bertz CT molecular complexity index is 1160. The smallest absolute Gasteiger partial charge is 0.337 e. The summed E-state index contributed by atoms with van der Waals surface area (Å²) in [7, 11) is 1.33. The summed E-state index contributed by atoms with van der Waals surface area (Å²) in [6.07, 6.45) is 1.74. The van der Waals surface area contributed by atoms with Crippen LogP contribution < -0.4 is 5.32 Å². The van der Waals surface area contributed by atoms with Gasteiger partial charge in [0.15, 0.2) is 0 Å². The molecule has 4 aromatic rings. The van der Waals surface area contributed by atoms with Crippen LogP contribution in [-0.4, -0.2) is 28.5 Å². The van der Waals surface area contributed by atoms with Gasteiger partial charge < -0.3 is 10.1 Å². The topological polar surface area (TPSA) is 73.2 Å². The average molecular weight is 371 g/mol. The Morgan fingerprint density at radius 2 is 1.71 bits per heavy atom. The van der Waals surface area contributed by atoms with E-state index in [1.54, 1.807) is 36.7 Å². The number of ether oxygens (including phenoxy) is 1. The Labute approximate surface area is 161 Å². The van der Waals surface area contributed by atoms with Gasteiger partial charge in [-0.15, -0.1) is 0 Å². The number of fused-ring (bicyclic) bond motifs is 1. The SMILES string of the molecule is COC(=O)c1ccc(NC(=O)c2cccc(-n3cnc4ccccc43)c2)cc1. The molecule has 1 N–H and O–H groups in total. The summed E-state index contributed by atoms with van der Waals surface area (Å²) in [5.74, 6) is -0.657. The Hall–Kier alpha value is -3.93. The Balaban J connectivity index is 1.57. The van der Waals surface area contributed by atoms with Crippen LogP contribution in [0.4, 0.5) is 5.69 Å². The first-order chi connectivity index (χ1) is 13.7. The molecule has 3 aromatic carbocycles. The van der Waals surface area contributed by atoms with Crippen molar-refractivity contribution in [3.63, 3.8) is 0 Å². The van der Waals surface area contributed by atoms with Gasteiger partial charge in [-0.05, 0) is 54.6 Å². The van der Waals surface area contributed by atoms with E-state index in [1.165, 1.54) is 7.11 Å². The number of aromatic nitrogens is 2. The molecule has 0 bridgehead atoms. The second-order valence-corrected chi connectivity index (χ2v) is 6.18. The highest BCUT2D eigenvalue weighted by Gasteiger charge is 2.10. The number of esters is 1. The van der Waals surface area contributed by atoms with Crippen molar-refractivity contribution in [3.05, 3.63) is 90.3 Å². The number of imidazole rings is 1. The normalized spacial score (nSPS) is 10.6. The largest absolute Gasteiger partial charge is 0.465 e. The van der Waals surface area contributed by atoms with Gasteiger partial charge in [0.25, 0.3) is 5.91 Å². The highest BCUT2D eigenvalue weighted by Crippen LogP contribution is 2.19. The minimum absolute atomic E-state index is 0.239. The van der Waals surface area contributed by atoms with Gasteiger partial charge in [-0.25, -0.2) is 9.78 Å². The van der Waals surface area contributed by atoms with E-state index in [2.05, 4.69) is 15.0 Å².